The van der Waals surface area contributed by atoms with Crippen LogP contribution in [0.3, 0.4) is 0 Å². The Morgan fingerprint density at radius 2 is 2.00 bits per heavy atom. The molecule has 1 unspecified atom stereocenters. The highest BCUT2D eigenvalue weighted by Crippen LogP contribution is 2.46. The van der Waals surface area contributed by atoms with Crippen molar-refractivity contribution in [2.75, 3.05) is 5.73 Å². The third-order valence-corrected chi connectivity index (χ3v) is 5.79. The van der Waals surface area contributed by atoms with Crippen molar-refractivity contribution in [1.29, 1.82) is 0 Å². The smallest absolute Gasteiger partial charge is 0.251 e. The van der Waals surface area contributed by atoms with Gasteiger partial charge in [-0.25, -0.2) is 0 Å². The number of thiophene rings is 1. The summed E-state index contributed by atoms with van der Waals surface area (Å²) in [6.45, 7) is 2.09. The second-order valence-electron chi connectivity index (χ2n) is 6.04. The number of nitrogen functional groups attached to an aromatic ring is 1. The number of ketones is 1. The number of amides is 1. The van der Waals surface area contributed by atoms with Crippen LogP contribution in [0.4, 0.5) is 5.00 Å². The van der Waals surface area contributed by atoms with Gasteiger partial charge in [0, 0.05) is 0 Å². The van der Waals surface area contributed by atoms with Gasteiger partial charge in [-0.05, 0) is 30.4 Å². The summed E-state index contributed by atoms with van der Waals surface area (Å²) in [5, 5.41) is 0.358. The van der Waals surface area contributed by atoms with E-state index in [9.17, 15) is 9.59 Å². The number of benzene rings is 1. The van der Waals surface area contributed by atoms with E-state index in [2.05, 4.69) is 6.92 Å². The number of hydrogen-bond acceptors (Lipinski definition) is 4. The lowest BCUT2D eigenvalue weighted by atomic mass is 9.66. The van der Waals surface area contributed by atoms with E-state index >= 15 is 0 Å². The summed E-state index contributed by atoms with van der Waals surface area (Å²) in [6, 6.07) is 9.92. The fourth-order valence-corrected chi connectivity index (χ4v) is 4.85. The second-order valence-corrected chi connectivity index (χ2v) is 7.09. The lowest BCUT2D eigenvalue weighted by Gasteiger charge is -2.36. The lowest BCUT2D eigenvalue weighted by molar-refractivity contribution is 0.0853. The van der Waals surface area contributed by atoms with Gasteiger partial charge >= 0.3 is 0 Å². The van der Waals surface area contributed by atoms with E-state index < -0.39 is 11.3 Å². The van der Waals surface area contributed by atoms with Gasteiger partial charge in [0.25, 0.3) is 5.91 Å². The van der Waals surface area contributed by atoms with Gasteiger partial charge < -0.3 is 11.5 Å². The topological polar surface area (TPSA) is 86.2 Å². The first-order chi connectivity index (χ1) is 11.0. The minimum atomic E-state index is -0.546. The first-order valence-electron chi connectivity index (χ1n) is 7.82. The molecule has 3 rings (SSSR count). The summed E-state index contributed by atoms with van der Waals surface area (Å²) in [5.41, 5.74) is 13.0. The standard InChI is InChI=1S/C18H20N2O2S/c1-2-9-18(11-6-4-3-5-7-11)10-8-12-13(16(19)22)17(20)23-14(12)15(18)21/h3-7H,2,8-10,20H2,1H3,(H2,19,22). The average Bonchev–Trinajstić information content (AvgIpc) is 2.88. The molecule has 23 heavy (non-hydrogen) atoms. The molecule has 2 aromatic rings. The maximum Gasteiger partial charge on any atom is 0.251 e. The number of anilines is 1. The van der Waals surface area contributed by atoms with Gasteiger partial charge in [-0.15, -0.1) is 11.3 Å². The largest absolute Gasteiger partial charge is 0.390 e. The predicted octanol–water partition coefficient (Wildman–Crippen LogP) is 3.30. The molecule has 4 N–H and O–H groups in total. The molecule has 0 saturated heterocycles. The molecule has 4 nitrogen and oxygen atoms in total. The van der Waals surface area contributed by atoms with Crippen LogP contribution in [0.1, 0.15) is 57.3 Å². The first-order valence-corrected chi connectivity index (χ1v) is 8.64. The van der Waals surface area contributed by atoms with E-state index in [0.29, 0.717) is 28.3 Å². The van der Waals surface area contributed by atoms with Crippen LogP contribution in [-0.2, 0) is 11.8 Å². The molecule has 0 saturated carbocycles. The van der Waals surface area contributed by atoms with Crippen molar-refractivity contribution < 1.29 is 9.59 Å². The summed E-state index contributed by atoms with van der Waals surface area (Å²) >= 11 is 1.20. The van der Waals surface area contributed by atoms with E-state index in [1.165, 1.54) is 11.3 Å². The number of primary amides is 1. The maximum atomic E-state index is 13.3. The third kappa shape index (κ3) is 2.36. The Hall–Kier alpha value is -2.14. The summed E-state index contributed by atoms with van der Waals surface area (Å²) < 4.78 is 0. The van der Waals surface area contributed by atoms with E-state index in [0.717, 1.165) is 24.0 Å². The normalized spacial score (nSPS) is 20.3. The van der Waals surface area contributed by atoms with Gasteiger partial charge in [0.2, 0.25) is 0 Å². The SMILES string of the molecule is CCCC1(c2ccccc2)CCc2c(sc(N)c2C(N)=O)C1=O. The monoisotopic (exact) mass is 328 g/mol. The van der Waals surface area contributed by atoms with Crippen LogP contribution in [-0.4, -0.2) is 11.7 Å². The zero-order valence-electron chi connectivity index (χ0n) is 13.1. The number of nitrogens with two attached hydrogens (primary N) is 2. The summed E-state index contributed by atoms with van der Waals surface area (Å²) in [5.74, 6) is -0.466. The predicted molar refractivity (Wildman–Crippen MR) is 92.9 cm³/mol. The Balaban J connectivity index is 2.15. The van der Waals surface area contributed by atoms with Gasteiger partial charge in [-0.3, -0.25) is 9.59 Å². The van der Waals surface area contributed by atoms with Gasteiger partial charge in [0.1, 0.15) is 0 Å². The lowest BCUT2D eigenvalue weighted by Crippen LogP contribution is -2.40. The fourth-order valence-electron chi connectivity index (χ4n) is 3.69. The number of Topliss-reactive ketones (excluding diaryl/α,β-unsaturated/α-hetero) is 1. The van der Waals surface area contributed by atoms with Crippen LogP contribution in [0, 0.1) is 0 Å². The molecule has 0 aliphatic heterocycles. The van der Waals surface area contributed by atoms with Crippen LogP contribution in [0.25, 0.3) is 0 Å². The fraction of sp³-hybridized carbons (Fsp3) is 0.333. The van der Waals surface area contributed by atoms with Crippen molar-refractivity contribution >= 4 is 28.0 Å². The van der Waals surface area contributed by atoms with Crippen LogP contribution < -0.4 is 11.5 Å². The summed E-state index contributed by atoms with van der Waals surface area (Å²) in [4.78, 5) is 25.6. The van der Waals surface area contributed by atoms with Gasteiger partial charge in [-0.1, -0.05) is 43.7 Å². The molecular formula is C18H20N2O2S. The number of carbonyl (C=O) groups is 2. The van der Waals surface area contributed by atoms with Gasteiger partial charge in [-0.2, -0.15) is 0 Å². The van der Waals surface area contributed by atoms with Gasteiger partial charge in [0.15, 0.2) is 5.78 Å². The van der Waals surface area contributed by atoms with Crippen molar-refractivity contribution in [2.24, 2.45) is 5.73 Å². The molecule has 0 bridgehead atoms. The molecule has 5 heteroatoms. The van der Waals surface area contributed by atoms with Gasteiger partial charge in [0.05, 0.1) is 20.9 Å². The Bertz CT molecular complexity index is 767. The average molecular weight is 328 g/mol. The molecule has 1 aromatic heterocycles. The van der Waals surface area contributed by atoms with Crippen molar-refractivity contribution in [3.8, 4) is 0 Å². The van der Waals surface area contributed by atoms with Crippen LogP contribution in [0.2, 0.25) is 0 Å². The molecule has 0 spiro atoms. The second kappa shape index (κ2) is 5.81. The van der Waals surface area contributed by atoms with Crippen molar-refractivity contribution in [3.05, 3.63) is 51.9 Å². The highest BCUT2D eigenvalue weighted by molar-refractivity contribution is 7.18. The van der Waals surface area contributed by atoms with Crippen LogP contribution in [0.5, 0.6) is 0 Å². The summed E-state index contributed by atoms with van der Waals surface area (Å²) in [7, 11) is 0. The molecule has 1 aliphatic rings. The Labute approximate surface area is 139 Å². The number of carbonyl (C=O) groups excluding carboxylic acids is 2. The van der Waals surface area contributed by atoms with Crippen LogP contribution in [0.15, 0.2) is 30.3 Å². The molecular weight excluding hydrogens is 308 g/mol. The zero-order chi connectivity index (χ0) is 16.6. The first kappa shape index (κ1) is 15.7. The minimum absolute atomic E-state index is 0.0796. The van der Waals surface area contributed by atoms with E-state index in [1.54, 1.807) is 0 Å². The van der Waals surface area contributed by atoms with E-state index in [-0.39, 0.29) is 5.78 Å². The Kier molecular flexibility index (Phi) is 3.98. The molecule has 0 fully saturated rings. The third-order valence-electron chi connectivity index (χ3n) is 4.73. The number of hydrogen-bond donors (Lipinski definition) is 2. The molecule has 1 aromatic carbocycles. The molecule has 120 valence electrons. The maximum absolute atomic E-state index is 13.3. The highest BCUT2D eigenvalue weighted by atomic mass is 32.1. The highest BCUT2D eigenvalue weighted by Gasteiger charge is 2.45. The van der Waals surface area contributed by atoms with Crippen molar-refractivity contribution in [3.63, 3.8) is 0 Å². The van der Waals surface area contributed by atoms with Crippen LogP contribution >= 0.6 is 11.3 Å². The Morgan fingerprint density at radius 3 is 2.61 bits per heavy atom. The molecule has 1 aliphatic carbocycles. The van der Waals surface area contributed by atoms with E-state index in [1.807, 2.05) is 30.3 Å². The van der Waals surface area contributed by atoms with E-state index in [4.69, 9.17) is 11.5 Å². The van der Waals surface area contributed by atoms with Crippen molar-refractivity contribution in [2.45, 2.75) is 38.0 Å². The molecule has 1 atom stereocenters. The number of rotatable bonds is 4. The minimum Gasteiger partial charge on any atom is -0.390 e. The molecule has 0 radical (unpaired) electrons. The zero-order valence-corrected chi connectivity index (χ0v) is 13.9. The quantitative estimate of drug-likeness (QED) is 0.903. The number of fused-ring (bicyclic) bond motifs is 1. The van der Waals surface area contributed by atoms with Crippen molar-refractivity contribution in [1.82, 2.24) is 0 Å². The summed E-state index contributed by atoms with van der Waals surface area (Å²) in [6.07, 6.45) is 3.05. The molecule has 1 heterocycles. The molecule has 1 amide bonds. The Morgan fingerprint density at radius 1 is 1.30 bits per heavy atom.